The largest absolute Gasteiger partial charge is 0.504 e. The average Bonchev–Trinajstić information content (AvgIpc) is 2.90. The SMILES string of the molecule is O=C1CCCCC(c2cccc(O)c2OCCCCCc2ccccc2)C1. The Labute approximate surface area is 162 Å². The number of phenolic OH excluding ortho intramolecular Hbond substituents is 1. The van der Waals surface area contributed by atoms with E-state index in [1.807, 2.05) is 18.2 Å². The maximum atomic E-state index is 12.0. The summed E-state index contributed by atoms with van der Waals surface area (Å²) >= 11 is 0. The molecule has 1 fully saturated rings. The molecule has 0 heterocycles. The number of carbonyl (C=O) groups excluding carboxylic acids is 1. The third-order valence-electron chi connectivity index (χ3n) is 5.40. The van der Waals surface area contributed by atoms with E-state index in [1.54, 1.807) is 6.07 Å². The molecule has 3 heteroatoms. The summed E-state index contributed by atoms with van der Waals surface area (Å²) in [7, 11) is 0. The lowest BCUT2D eigenvalue weighted by Gasteiger charge is -2.19. The number of phenols is 1. The van der Waals surface area contributed by atoms with Crippen LogP contribution in [0, 0.1) is 0 Å². The summed E-state index contributed by atoms with van der Waals surface area (Å²) in [6.45, 7) is 0.597. The lowest BCUT2D eigenvalue weighted by molar-refractivity contribution is -0.119. The Kier molecular flexibility index (Phi) is 7.32. The van der Waals surface area contributed by atoms with E-state index in [2.05, 4.69) is 24.3 Å². The Morgan fingerprint density at radius 1 is 0.963 bits per heavy atom. The molecule has 0 amide bonds. The molecule has 2 aromatic rings. The number of ketones is 1. The summed E-state index contributed by atoms with van der Waals surface area (Å²) < 4.78 is 5.99. The summed E-state index contributed by atoms with van der Waals surface area (Å²) in [5, 5.41) is 10.3. The van der Waals surface area contributed by atoms with Crippen molar-refractivity contribution in [1.82, 2.24) is 0 Å². The minimum absolute atomic E-state index is 0.167. The van der Waals surface area contributed by atoms with Crippen LogP contribution >= 0.6 is 0 Å². The molecule has 2 aromatic carbocycles. The zero-order valence-electron chi connectivity index (χ0n) is 16.0. The molecule has 0 aromatic heterocycles. The second-order valence-electron chi connectivity index (χ2n) is 7.53. The van der Waals surface area contributed by atoms with E-state index in [-0.39, 0.29) is 11.7 Å². The first-order valence-electron chi connectivity index (χ1n) is 10.2. The van der Waals surface area contributed by atoms with Crippen LogP contribution in [-0.2, 0) is 11.2 Å². The molecule has 1 aliphatic rings. The fourth-order valence-electron chi connectivity index (χ4n) is 3.91. The number of carbonyl (C=O) groups is 1. The highest BCUT2D eigenvalue weighted by atomic mass is 16.5. The second-order valence-corrected chi connectivity index (χ2v) is 7.53. The first-order chi connectivity index (χ1) is 13.2. The topological polar surface area (TPSA) is 46.5 Å². The molecule has 0 radical (unpaired) electrons. The van der Waals surface area contributed by atoms with Crippen LogP contribution in [0.25, 0.3) is 0 Å². The molecule has 1 atom stereocenters. The van der Waals surface area contributed by atoms with Crippen LogP contribution in [0.15, 0.2) is 48.5 Å². The number of ether oxygens (including phenoxy) is 1. The van der Waals surface area contributed by atoms with Crippen LogP contribution < -0.4 is 4.74 Å². The molecular weight excluding hydrogens is 336 g/mol. The summed E-state index contributed by atoms with van der Waals surface area (Å²) in [5.41, 5.74) is 2.37. The molecule has 27 heavy (non-hydrogen) atoms. The monoisotopic (exact) mass is 366 g/mol. The number of aromatic hydroxyl groups is 1. The van der Waals surface area contributed by atoms with Crippen molar-refractivity contribution >= 4 is 5.78 Å². The fourth-order valence-corrected chi connectivity index (χ4v) is 3.91. The maximum absolute atomic E-state index is 12.0. The van der Waals surface area contributed by atoms with Crippen LogP contribution in [-0.4, -0.2) is 17.5 Å². The lowest BCUT2D eigenvalue weighted by Crippen LogP contribution is -2.07. The molecule has 3 nitrogen and oxygen atoms in total. The van der Waals surface area contributed by atoms with Crippen molar-refractivity contribution in [3.63, 3.8) is 0 Å². The highest BCUT2D eigenvalue weighted by Gasteiger charge is 2.23. The van der Waals surface area contributed by atoms with Crippen LogP contribution in [0.5, 0.6) is 11.5 Å². The van der Waals surface area contributed by atoms with Crippen molar-refractivity contribution in [2.24, 2.45) is 0 Å². The summed E-state index contributed by atoms with van der Waals surface area (Å²) in [6.07, 6.45) is 8.57. The van der Waals surface area contributed by atoms with Gasteiger partial charge in [0.25, 0.3) is 0 Å². The standard InChI is InChI=1S/C24H30O3/c25-21-14-7-6-13-20(18-21)22-15-9-16-23(26)24(22)27-17-8-2-5-12-19-10-3-1-4-11-19/h1,3-4,9-11,15-16,20,26H,2,5-8,12-14,17-18H2. The zero-order valence-corrected chi connectivity index (χ0v) is 16.0. The summed E-state index contributed by atoms with van der Waals surface area (Å²) in [5.74, 6) is 1.27. The molecule has 3 rings (SSSR count). The number of rotatable bonds is 8. The second kappa shape index (κ2) is 10.1. The molecule has 1 aliphatic carbocycles. The third-order valence-corrected chi connectivity index (χ3v) is 5.40. The molecule has 144 valence electrons. The Morgan fingerprint density at radius 2 is 1.81 bits per heavy atom. The van der Waals surface area contributed by atoms with E-state index in [0.717, 1.165) is 50.5 Å². The van der Waals surface area contributed by atoms with Gasteiger partial charge in [-0.05, 0) is 56.1 Å². The van der Waals surface area contributed by atoms with Gasteiger partial charge in [0.2, 0.25) is 0 Å². The smallest absolute Gasteiger partial charge is 0.164 e. The van der Waals surface area contributed by atoms with Crippen molar-refractivity contribution < 1.29 is 14.6 Å². The lowest BCUT2D eigenvalue weighted by atomic mass is 9.90. The van der Waals surface area contributed by atoms with Gasteiger partial charge in [-0.3, -0.25) is 4.79 Å². The number of benzene rings is 2. The normalized spacial score (nSPS) is 17.5. The Bertz CT molecular complexity index is 724. The molecule has 1 saturated carbocycles. The van der Waals surface area contributed by atoms with Crippen molar-refractivity contribution in [2.45, 2.75) is 63.7 Å². The highest BCUT2D eigenvalue weighted by molar-refractivity contribution is 5.79. The van der Waals surface area contributed by atoms with Gasteiger partial charge < -0.3 is 9.84 Å². The van der Waals surface area contributed by atoms with Gasteiger partial charge in [0.15, 0.2) is 11.5 Å². The predicted octanol–water partition coefficient (Wildman–Crippen LogP) is 5.80. The number of unbranched alkanes of at least 4 members (excludes halogenated alkanes) is 2. The third kappa shape index (κ3) is 5.85. The highest BCUT2D eigenvalue weighted by Crippen LogP contribution is 2.40. The molecule has 0 saturated heterocycles. The fraction of sp³-hybridized carbons (Fsp3) is 0.458. The number of Topliss-reactive ketones (excluding diaryl/α,β-unsaturated/α-hetero) is 1. The molecule has 0 spiro atoms. The number of hydrogen-bond acceptors (Lipinski definition) is 3. The molecule has 1 N–H and O–H groups in total. The van der Waals surface area contributed by atoms with E-state index >= 15 is 0 Å². The van der Waals surface area contributed by atoms with E-state index in [4.69, 9.17) is 4.74 Å². The van der Waals surface area contributed by atoms with Gasteiger partial charge in [0.1, 0.15) is 5.78 Å². The Balaban J connectivity index is 1.51. The van der Waals surface area contributed by atoms with Gasteiger partial charge in [-0.15, -0.1) is 0 Å². The molecule has 0 bridgehead atoms. The number of para-hydroxylation sites is 1. The van der Waals surface area contributed by atoms with Gasteiger partial charge in [0, 0.05) is 18.4 Å². The van der Waals surface area contributed by atoms with E-state index in [0.29, 0.717) is 31.0 Å². The van der Waals surface area contributed by atoms with E-state index in [9.17, 15) is 9.90 Å². The Hall–Kier alpha value is -2.29. The number of hydrogen-bond donors (Lipinski definition) is 1. The van der Waals surface area contributed by atoms with Crippen molar-refractivity contribution in [3.05, 3.63) is 59.7 Å². The van der Waals surface area contributed by atoms with Crippen LogP contribution in [0.2, 0.25) is 0 Å². The van der Waals surface area contributed by atoms with Gasteiger partial charge >= 0.3 is 0 Å². The maximum Gasteiger partial charge on any atom is 0.164 e. The first kappa shape index (κ1) is 19.5. The first-order valence-corrected chi connectivity index (χ1v) is 10.2. The van der Waals surface area contributed by atoms with Crippen molar-refractivity contribution in [2.75, 3.05) is 6.61 Å². The molecule has 1 unspecified atom stereocenters. The van der Waals surface area contributed by atoms with Crippen LogP contribution in [0.4, 0.5) is 0 Å². The van der Waals surface area contributed by atoms with Crippen molar-refractivity contribution in [1.29, 1.82) is 0 Å². The van der Waals surface area contributed by atoms with Gasteiger partial charge in [-0.1, -0.05) is 48.9 Å². The zero-order chi connectivity index (χ0) is 18.9. The van der Waals surface area contributed by atoms with Crippen molar-refractivity contribution in [3.8, 4) is 11.5 Å². The average molecular weight is 367 g/mol. The van der Waals surface area contributed by atoms with E-state index < -0.39 is 0 Å². The minimum atomic E-state index is 0.167. The van der Waals surface area contributed by atoms with Gasteiger partial charge in [-0.25, -0.2) is 0 Å². The predicted molar refractivity (Wildman–Crippen MR) is 108 cm³/mol. The van der Waals surface area contributed by atoms with Gasteiger partial charge in [0.05, 0.1) is 6.61 Å². The summed E-state index contributed by atoms with van der Waals surface area (Å²) in [6, 6.07) is 16.1. The molecular formula is C24H30O3. The number of aryl methyl sites for hydroxylation is 1. The van der Waals surface area contributed by atoms with Gasteiger partial charge in [-0.2, -0.15) is 0 Å². The summed E-state index contributed by atoms with van der Waals surface area (Å²) in [4.78, 5) is 12.0. The quantitative estimate of drug-likeness (QED) is 0.474. The minimum Gasteiger partial charge on any atom is -0.504 e. The Morgan fingerprint density at radius 3 is 2.67 bits per heavy atom. The molecule has 0 aliphatic heterocycles. The van der Waals surface area contributed by atoms with Crippen LogP contribution in [0.1, 0.15) is 68.4 Å². The van der Waals surface area contributed by atoms with E-state index in [1.165, 1.54) is 5.56 Å². The van der Waals surface area contributed by atoms with Crippen LogP contribution in [0.3, 0.4) is 0 Å².